The Balaban J connectivity index is 1.69. The second kappa shape index (κ2) is 7.36. The van der Waals surface area contributed by atoms with Crippen molar-refractivity contribution in [3.05, 3.63) is 76.0 Å². The van der Waals surface area contributed by atoms with Gasteiger partial charge < -0.3 is 10.2 Å². The number of nitrogens with one attached hydrogen (secondary N) is 1. The first-order valence-corrected chi connectivity index (χ1v) is 8.38. The number of hydrogen-bond donors (Lipinski definition) is 2. The average Bonchev–Trinajstić information content (AvgIpc) is 3.06. The zero-order valence-electron chi connectivity index (χ0n) is 13.5. The maximum atomic E-state index is 12.0. The topological polar surface area (TPSA) is 80.6 Å². The van der Waals surface area contributed by atoms with Gasteiger partial charge >= 0.3 is 0 Å². The smallest absolute Gasteiger partial charge is 0.273 e. The van der Waals surface area contributed by atoms with Gasteiger partial charge in [-0.15, -0.1) is 0 Å². The molecule has 0 atom stereocenters. The molecule has 5 nitrogen and oxygen atoms in total. The zero-order chi connectivity index (χ0) is 17.8. The lowest BCUT2D eigenvalue weighted by atomic mass is 10.1. The molecule has 1 aromatic heterocycles. The molecule has 0 aliphatic heterocycles. The molecule has 0 unspecified atom stereocenters. The number of hydrogen-bond acceptors (Lipinski definition) is 4. The minimum absolute atomic E-state index is 0.372. The van der Waals surface area contributed by atoms with Crippen molar-refractivity contribution in [2.75, 3.05) is 5.73 Å². The summed E-state index contributed by atoms with van der Waals surface area (Å²) in [6.07, 6.45) is 1.45. The van der Waals surface area contributed by atoms with E-state index in [1.165, 1.54) is 6.21 Å². The molecule has 1 amide bonds. The highest BCUT2D eigenvalue weighted by Gasteiger charge is 2.08. The van der Waals surface area contributed by atoms with Crippen LogP contribution in [-0.4, -0.2) is 12.1 Å². The Morgan fingerprint density at radius 2 is 2.00 bits per heavy atom. The first-order valence-electron chi connectivity index (χ1n) is 7.59. The van der Waals surface area contributed by atoms with Gasteiger partial charge in [0.2, 0.25) is 0 Å². The third-order valence-corrected chi connectivity index (χ3v) is 4.50. The van der Waals surface area contributed by atoms with E-state index in [0.717, 1.165) is 21.4 Å². The van der Waals surface area contributed by atoms with Crippen LogP contribution in [0.5, 0.6) is 0 Å². The van der Waals surface area contributed by atoms with E-state index in [1.54, 1.807) is 30.3 Å². The Morgan fingerprint density at radius 1 is 1.20 bits per heavy atom. The van der Waals surface area contributed by atoms with Crippen molar-refractivity contribution in [1.29, 1.82) is 0 Å². The molecule has 126 valence electrons. The number of halogens is 1. The number of amides is 1. The summed E-state index contributed by atoms with van der Waals surface area (Å²) in [4.78, 5) is 12.0. The number of carbonyl (C=O) groups excluding carboxylic acids is 1. The third kappa shape index (κ3) is 3.97. The van der Waals surface area contributed by atoms with Crippen molar-refractivity contribution in [2.45, 2.75) is 6.92 Å². The average molecular weight is 398 g/mol. The lowest BCUT2D eigenvalue weighted by Crippen LogP contribution is -2.18. The highest BCUT2D eigenvalue weighted by molar-refractivity contribution is 9.10. The van der Waals surface area contributed by atoms with E-state index < -0.39 is 0 Å². The largest absolute Gasteiger partial charge is 0.455 e. The highest BCUT2D eigenvalue weighted by Crippen LogP contribution is 2.26. The second-order valence-electron chi connectivity index (χ2n) is 5.45. The van der Waals surface area contributed by atoms with Gasteiger partial charge in [-0.3, -0.25) is 4.79 Å². The summed E-state index contributed by atoms with van der Waals surface area (Å²) in [5.74, 6) is 0.886. The van der Waals surface area contributed by atoms with Crippen LogP contribution in [0.4, 0.5) is 5.69 Å². The van der Waals surface area contributed by atoms with Crippen LogP contribution >= 0.6 is 15.9 Å². The number of anilines is 1. The molecule has 2 aromatic carbocycles. The van der Waals surface area contributed by atoms with Crippen LogP contribution in [0.3, 0.4) is 0 Å². The number of nitrogens with two attached hydrogens (primary N) is 1. The van der Waals surface area contributed by atoms with Gasteiger partial charge in [-0.05, 0) is 42.8 Å². The third-order valence-electron chi connectivity index (χ3n) is 3.65. The summed E-state index contributed by atoms with van der Waals surface area (Å²) >= 11 is 3.51. The molecule has 0 saturated heterocycles. The van der Waals surface area contributed by atoms with Crippen LogP contribution in [0.25, 0.3) is 11.3 Å². The standard InChI is InChI=1S/C19H16BrN3O2/c1-12-6-7-13(10-16(12)20)18-9-8-14(25-18)11-22-23-19(24)15-4-2-3-5-17(15)21/h2-11H,21H2,1H3,(H,23,24)/b22-11+. The van der Waals surface area contributed by atoms with E-state index in [9.17, 15) is 4.79 Å². The van der Waals surface area contributed by atoms with E-state index in [1.807, 2.05) is 31.2 Å². The van der Waals surface area contributed by atoms with Crippen molar-refractivity contribution in [2.24, 2.45) is 5.10 Å². The van der Waals surface area contributed by atoms with E-state index >= 15 is 0 Å². The van der Waals surface area contributed by atoms with Gasteiger partial charge in [0.15, 0.2) is 0 Å². The number of nitrogens with zero attached hydrogens (tertiary/aromatic N) is 1. The number of rotatable bonds is 4. The van der Waals surface area contributed by atoms with E-state index in [2.05, 4.69) is 26.5 Å². The molecule has 25 heavy (non-hydrogen) atoms. The van der Waals surface area contributed by atoms with E-state index in [0.29, 0.717) is 17.0 Å². The minimum atomic E-state index is -0.372. The van der Waals surface area contributed by atoms with E-state index in [-0.39, 0.29) is 5.91 Å². The van der Waals surface area contributed by atoms with Gasteiger partial charge in [0.1, 0.15) is 11.5 Å². The minimum Gasteiger partial charge on any atom is -0.455 e. The van der Waals surface area contributed by atoms with Crippen LogP contribution in [-0.2, 0) is 0 Å². The fourth-order valence-corrected chi connectivity index (χ4v) is 2.62. The quantitative estimate of drug-likeness (QED) is 0.389. The Kier molecular flexibility index (Phi) is 5.00. The maximum absolute atomic E-state index is 12.0. The molecule has 3 N–H and O–H groups in total. The molecule has 0 fully saturated rings. The molecule has 3 rings (SSSR count). The summed E-state index contributed by atoms with van der Waals surface area (Å²) in [5.41, 5.74) is 11.1. The highest BCUT2D eigenvalue weighted by atomic mass is 79.9. The van der Waals surface area contributed by atoms with Crippen LogP contribution < -0.4 is 11.2 Å². The summed E-state index contributed by atoms with van der Waals surface area (Å²) in [6.45, 7) is 2.02. The Morgan fingerprint density at radius 3 is 2.76 bits per heavy atom. The number of hydrazone groups is 1. The number of aryl methyl sites for hydroxylation is 1. The van der Waals surface area contributed by atoms with Crippen molar-refractivity contribution in [3.8, 4) is 11.3 Å². The predicted molar refractivity (Wildman–Crippen MR) is 102 cm³/mol. The van der Waals surface area contributed by atoms with Crippen LogP contribution in [0.1, 0.15) is 21.7 Å². The lowest BCUT2D eigenvalue weighted by Gasteiger charge is -2.02. The van der Waals surface area contributed by atoms with Gasteiger partial charge in [0, 0.05) is 15.7 Å². The lowest BCUT2D eigenvalue weighted by molar-refractivity contribution is 0.0956. The molecule has 0 aliphatic rings. The molecule has 1 heterocycles. The normalized spacial score (nSPS) is 11.0. The zero-order valence-corrected chi connectivity index (χ0v) is 15.1. The summed E-state index contributed by atoms with van der Waals surface area (Å²) in [6, 6.07) is 16.5. The van der Waals surface area contributed by atoms with E-state index in [4.69, 9.17) is 10.2 Å². The summed E-state index contributed by atoms with van der Waals surface area (Å²) in [7, 11) is 0. The van der Waals surface area contributed by atoms with Crippen molar-refractivity contribution < 1.29 is 9.21 Å². The molecule has 3 aromatic rings. The summed E-state index contributed by atoms with van der Waals surface area (Å²) < 4.78 is 6.75. The number of nitrogen functional groups attached to an aromatic ring is 1. The van der Waals surface area contributed by atoms with Crippen molar-refractivity contribution >= 4 is 33.7 Å². The molecule has 0 saturated carbocycles. The fraction of sp³-hybridized carbons (Fsp3) is 0.0526. The van der Waals surface area contributed by atoms with Crippen molar-refractivity contribution in [3.63, 3.8) is 0 Å². The van der Waals surface area contributed by atoms with Gasteiger partial charge in [0.05, 0.1) is 11.8 Å². The SMILES string of the molecule is Cc1ccc(-c2ccc(/C=N/NC(=O)c3ccccc3N)o2)cc1Br. The number of furan rings is 1. The molecular formula is C19H16BrN3O2. The Bertz CT molecular complexity index is 947. The van der Waals surface area contributed by atoms with Crippen LogP contribution in [0.2, 0.25) is 0 Å². The van der Waals surface area contributed by atoms with Gasteiger partial charge in [-0.1, -0.05) is 40.2 Å². The number of carbonyl (C=O) groups is 1. The molecule has 0 aliphatic carbocycles. The molecular weight excluding hydrogens is 382 g/mol. The Hall–Kier alpha value is -2.86. The first kappa shape index (κ1) is 17.0. The molecule has 0 radical (unpaired) electrons. The Labute approximate surface area is 153 Å². The van der Waals surface area contributed by atoms with Gasteiger partial charge in [-0.2, -0.15) is 5.10 Å². The fourth-order valence-electron chi connectivity index (χ4n) is 2.24. The predicted octanol–water partition coefficient (Wildman–Crippen LogP) is 4.36. The van der Waals surface area contributed by atoms with Gasteiger partial charge in [-0.25, -0.2) is 5.43 Å². The monoisotopic (exact) mass is 397 g/mol. The second-order valence-corrected chi connectivity index (χ2v) is 6.31. The van der Waals surface area contributed by atoms with Gasteiger partial charge in [0.25, 0.3) is 5.91 Å². The first-order chi connectivity index (χ1) is 12.0. The number of para-hydroxylation sites is 1. The van der Waals surface area contributed by atoms with Crippen LogP contribution in [0, 0.1) is 6.92 Å². The molecule has 0 bridgehead atoms. The van der Waals surface area contributed by atoms with Crippen molar-refractivity contribution in [1.82, 2.24) is 5.43 Å². The number of benzene rings is 2. The van der Waals surface area contributed by atoms with Crippen LogP contribution in [0.15, 0.2) is 68.6 Å². The molecule has 0 spiro atoms. The molecule has 6 heteroatoms. The maximum Gasteiger partial charge on any atom is 0.273 e. The summed E-state index contributed by atoms with van der Waals surface area (Å²) in [5, 5.41) is 3.91.